The van der Waals surface area contributed by atoms with Gasteiger partial charge in [-0.1, -0.05) is 0 Å². The van der Waals surface area contributed by atoms with Crippen molar-refractivity contribution in [2.75, 3.05) is 26.4 Å². The summed E-state index contributed by atoms with van der Waals surface area (Å²) in [5.41, 5.74) is 2.16. The van der Waals surface area contributed by atoms with Crippen molar-refractivity contribution < 1.29 is 22.7 Å². The molecule has 1 aromatic rings. The Morgan fingerprint density at radius 2 is 1.46 bits per heavy atom. The number of hydrogen-bond donors (Lipinski definition) is 0. The SMILES string of the molecule is CCOP(=O)(OCC)C(c1scc(C)c1C)P(=S)(OCC)OCC. The highest BCUT2D eigenvalue weighted by Gasteiger charge is 2.50. The zero-order valence-electron chi connectivity index (χ0n) is 15.2. The van der Waals surface area contributed by atoms with E-state index >= 15 is 0 Å². The molecule has 0 radical (unpaired) electrons. The Morgan fingerprint density at radius 1 is 1.00 bits per heavy atom. The van der Waals surface area contributed by atoms with Gasteiger partial charge in [0.1, 0.15) is 0 Å². The minimum atomic E-state index is -3.54. The summed E-state index contributed by atoms with van der Waals surface area (Å²) in [6.07, 6.45) is 0. The molecule has 1 aromatic heterocycles. The van der Waals surface area contributed by atoms with Crippen LogP contribution in [-0.2, 0) is 34.5 Å². The number of rotatable bonds is 11. The Hall–Kier alpha value is 0.420. The van der Waals surface area contributed by atoms with Crippen molar-refractivity contribution in [1.29, 1.82) is 0 Å². The molecule has 0 aliphatic carbocycles. The molecule has 0 saturated heterocycles. The molecule has 0 amide bonds. The highest BCUT2D eigenvalue weighted by molar-refractivity contribution is 8.12. The van der Waals surface area contributed by atoms with Crippen molar-refractivity contribution in [1.82, 2.24) is 0 Å². The largest absolute Gasteiger partial charge is 0.348 e. The average Bonchev–Trinajstić information content (AvgIpc) is 2.80. The molecule has 0 N–H and O–H groups in total. The summed E-state index contributed by atoms with van der Waals surface area (Å²) in [5, 5.41) is 1.32. The monoisotopic (exact) mass is 414 g/mol. The fourth-order valence-electron chi connectivity index (χ4n) is 2.31. The lowest BCUT2D eigenvalue weighted by Crippen LogP contribution is -2.11. The van der Waals surface area contributed by atoms with Gasteiger partial charge in [-0.05, 0) is 69.9 Å². The third-order valence-electron chi connectivity index (χ3n) is 3.39. The fraction of sp³-hybridized carbons (Fsp3) is 0.733. The van der Waals surface area contributed by atoms with E-state index in [2.05, 4.69) is 0 Å². The Kier molecular flexibility index (Phi) is 9.30. The molecule has 0 fully saturated rings. The van der Waals surface area contributed by atoms with Crippen LogP contribution in [0.4, 0.5) is 0 Å². The van der Waals surface area contributed by atoms with E-state index in [9.17, 15) is 4.57 Å². The third kappa shape index (κ3) is 4.99. The first kappa shape index (κ1) is 22.5. The Balaban J connectivity index is 3.59. The minimum absolute atomic E-state index is 0.269. The lowest BCUT2D eigenvalue weighted by Gasteiger charge is -2.34. The van der Waals surface area contributed by atoms with Crippen LogP contribution in [0.5, 0.6) is 0 Å². The van der Waals surface area contributed by atoms with Crippen LogP contribution in [0.15, 0.2) is 5.38 Å². The molecule has 24 heavy (non-hydrogen) atoms. The second-order valence-electron chi connectivity index (χ2n) is 5.03. The molecule has 0 aliphatic rings. The molecule has 0 aromatic carbocycles. The van der Waals surface area contributed by atoms with Gasteiger partial charge in [0.2, 0.25) is 6.49 Å². The predicted octanol–water partition coefficient (Wildman–Crippen LogP) is 6.01. The molecule has 0 aliphatic heterocycles. The molecule has 0 spiro atoms. The number of thiophene rings is 1. The van der Waals surface area contributed by atoms with Gasteiger partial charge in [-0.25, -0.2) is 0 Å². The summed E-state index contributed by atoms with van der Waals surface area (Å²) >= 11 is 7.30. The van der Waals surface area contributed by atoms with Gasteiger partial charge >= 0.3 is 7.60 Å². The van der Waals surface area contributed by atoms with Crippen LogP contribution in [0, 0.1) is 13.8 Å². The Bertz CT molecular complexity index is 567. The topological polar surface area (TPSA) is 54.0 Å². The van der Waals surface area contributed by atoms with E-state index in [1.54, 1.807) is 13.8 Å². The zero-order valence-corrected chi connectivity index (χ0v) is 18.7. The molecule has 140 valence electrons. The fourth-order valence-corrected chi connectivity index (χ4v) is 11.9. The van der Waals surface area contributed by atoms with Crippen LogP contribution in [0.2, 0.25) is 0 Å². The molecular formula is C15H28O5P2S2. The second-order valence-corrected chi connectivity index (χ2v) is 12.1. The summed E-state index contributed by atoms with van der Waals surface area (Å²) < 4.78 is 36.6. The Labute approximate surface area is 154 Å². The minimum Gasteiger partial charge on any atom is -0.329 e. The first-order chi connectivity index (χ1) is 11.3. The first-order valence-corrected chi connectivity index (χ1v) is 13.3. The molecule has 9 heteroatoms. The van der Waals surface area contributed by atoms with Crippen LogP contribution in [0.3, 0.4) is 0 Å². The van der Waals surface area contributed by atoms with E-state index in [0.29, 0.717) is 13.2 Å². The first-order valence-electron chi connectivity index (χ1n) is 8.11. The highest BCUT2D eigenvalue weighted by Crippen LogP contribution is 2.79. The second kappa shape index (κ2) is 9.94. The summed E-state index contributed by atoms with van der Waals surface area (Å²) in [6.45, 7) is 9.70. The lowest BCUT2D eigenvalue weighted by atomic mass is 10.2. The standard InChI is InChI=1S/C15H28O5P2S2/c1-7-17-21(16,18-8-2)15(14-13(6)12(5)11-24-14)22(23,19-9-3)20-10-4/h11,15H,7-10H2,1-6H3. The van der Waals surface area contributed by atoms with E-state index in [1.165, 1.54) is 11.3 Å². The van der Waals surface area contributed by atoms with Crippen molar-refractivity contribution in [3.05, 3.63) is 21.4 Å². The molecule has 1 atom stereocenters. The van der Waals surface area contributed by atoms with Gasteiger partial charge in [0.25, 0.3) is 0 Å². The van der Waals surface area contributed by atoms with Crippen molar-refractivity contribution in [3.63, 3.8) is 0 Å². The van der Waals surface area contributed by atoms with Crippen LogP contribution in [-0.4, -0.2) is 26.4 Å². The van der Waals surface area contributed by atoms with Gasteiger partial charge in [-0.2, -0.15) is 0 Å². The van der Waals surface area contributed by atoms with E-state index in [-0.39, 0.29) is 13.2 Å². The van der Waals surface area contributed by atoms with E-state index < -0.39 is 19.5 Å². The van der Waals surface area contributed by atoms with Crippen molar-refractivity contribution in [2.45, 2.75) is 46.9 Å². The molecule has 5 nitrogen and oxygen atoms in total. The van der Waals surface area contributed by atoms with Crippen LogP contribution >= 0.6 is 25.4 Å². The summed E-state index contributed by atoms with van der Waals surface area (Å²) in [4.78, 5) is 0.878. The van der Waals surface area contributed by atoms with Gasteiger partial charge in [0.05, 0.1) is 26.4 Å². The summed E-state index contributed by atoms with van der Waals surface area (Å²) in [5.74, 6) is 0. The third-order valence-corrected chi connectivity index (χ3v) is 12.7. The number of hydrogen-bond acceptors (Lipinski definition) is 7. The van der Waals surface area contributed by atoms with Crippen LogP contribution in [0.1, 0.15) is 49.1 Å². The van der Waals surface area contributed by atoms with Gasteiger partial charge < -0.3 is 18.1 Å². The normalized spacial score (nSPS) is 14.1. The Morgan fingerprint density at radius 3 is 1.79 bits per heavy atom. The smallest absolute Gasteiger partial charge is 0.329 e. The van der Waals surface area contributed by atoms with Crippen molar-refractivity contribution in [2.24, 2.45) is 0 Å². The maximum absolute atomic E-state index is 13.6. The highest BCUT2D eigenvalue weighted by atomic mass is 32.5. The van der Waals surface area contributed by atoms with E-state index in [4.69, 9.17) is 29.9 Å². The maximum Gasteiger partial charge on any atom is 0.348 e. The zero-order chi connectivity index (χ0) is 18.4. The molecule has 0 saturated carbocycles. The average molecular weight is 414 g/mol. The van der Waals surface area contributed by atoms with E-state index in [0.717, 1.165) is 16.0 Å². The lowest BCUT2D eigenvalue weighted by molar-refractivity contribution is 0.210. The quantitative estimate of drug-likeness (QED) is 0.413. The molecule has 1 unspecified atom stereocenters. The van der Waals surface area contributed by atoms with Gasteiger partial charge in [0, 0.05) is 4.88 Å². The molecule has 0 bridgehead atoms. The van der Waals surface area contributed by atoms with Gasteiger partial charge in [-0.15, -0.1) is 11.3 Å². The van der Waals surface area contributed by atoms with E-state index in [1.807, 2.05) is 33.1 Å². The molecule has 1 heterocycles. The van der Waals surface area contributed by atoms with Gasteiger partial charge in [0.15, 0.2) is 5.40 Å². The van der Waals surface area contributed by atoms with Crippen LogP contribution < -0.4 is 0 Å². The van der Waals surface area contributed by atoms with Crippen molar-refractivity contribution in [3.8, 4) is 0 Å². The summed E-state index contributed by atoms with van der Waals surface area (Å²) in [7, 11) is -3.54. The maximum atomic E-state index is 13.6. The van der Waals surface area contributed by atoms with Gasteiger partial charge in [-0.3, -0.25) is 4.57 Å². The van der Waals surface area contributed by atoms with Crippen LogP contribution in [0.25, 0.3) is 0 Å². The predicted molar refractivity (Wildman–Crippen MR) is 105 cm³/mol. The summed E-state index contributed by atoms with van der Waals surface area (Å²) in [6, 6.07) is 0. The number of aryl methyl sites for hydroxylation is 1. The molecular weight excluding hydrogens is 386 g/mol. The van der Waals surface area contributed by atoms with Crippen molar-refractivity contribution >= 4 is 37.2 Å². The molecule has 1 rings (SSSR count).